The van der Waals surface area contributed by atoms with Crippen molar-refractivity contribution >= 4 is 0 Å². The summed E-state index contributed by atoms with van der Waals surface area (Å²) in [5.74, 6) is -1.19. The second-order valence-electron chi connectivity index (χ2n) is 2.97. The lowest BCUT2D eigenvalue weighted by Crippen LogP contribution is -2.15. The summed E-state index contributed by atoms with van der Waals surface area (Å²) in [5, 5.41) is 18.0. The van der Waals surface area contributed by atoms with E-state index < -0.39 is 17.6 Å². The van der Waals surface area contributed by atoms with E-state index in [4.69, 9.17) is 10.8 Å². The molecule has 0 saturated heterocycles. The molecule has 0 heterocycles. The molecule has 1 aromatic rings. The molecule has 1 rings (SSSR count). The fourth-order valence-corrected chi connectivity index (χ4v) is 1.14. The maximum atomic E-state index is 12.9. The normalized spacial score (nSPS) is 12.9. The maximum Gasteiger partial charge on any atom is 0.165 e. The van der Waals surface area contributed by atoms with Crippen molar-refractivity contribution < 1.29 is 14.6 Å². The summed E-state index contributed by atoms with van der Waals surface area (Å²) >= 11 is 0. The van der Waals surface area contributed by atoms with Gasteiger partial charge in [-0.25, -0.2) is 4.39 Å². The van der Waals surface area contributed by atoms with Gasteiger partial charge in [-0.05, 0) is 18.6 Å². The first-order valence-electron chi connectivity index (χ1n) is 3.91. The third kappa shape index (κ3) is 1.96. The van der Waals surface area contributed by atoms with Gasteiger partial charge in [-0.15, -0.1) is 0 Å². The monoisotopic (exact) mass is 185 g/mol. The van der Waals surface area contributed by atoms with Gasteiger partial charge in [0.05, 0.1) is 12.6 Å². The molecule has 13 heavy (non-hydrogen) atoms. The van der Waals surface area contributed by atoms with Gasteiger partial charge in [-0.2, -0.15) is 0 Å². The molecule has 3 nitrogen and oxygen atoms in total. The molecular formula is C9H12FNO2. The van der Waals surface area contributed by atoms with Gasteiger partial charge in [-0.1, -0.05) is 6.07 Å². The van der Waals surface area contributed by atoms with Gasteiger partial charge in [0, 0.05) is 5.56 Å². The molecule has 0 amide bonds. The van der Waals surface area contributed by atoms with Crippen LogP contribution in [0.15, 0.2) is 12.1 Å². The first-order chi connectivity index (χ1) is 6.06. The predicted molar refractivity (Wildman–Crippen MR) is 46.8 cm³/mol. The van der Waals surface area contributed by atoms with Crippen molar-refractivity contribution in [3.8, 4) is 5.75 Å². The van der Waals surface area contributed by atoms with E-state index >= 15 is 0 Å². The van der Waals surface area contributed by atoms with Crippen LogP contribution in [-0.2, 0) is 0 Å². The Bertz CT molecular complexity index is 315. The quantitative estimate of drug-likeness (QED) is 0.639. The van der Waals surface area contributed by atoms with Crippen molar-refractivity contribution in [3.63, 3.8) is 0 Å². The predicted octanol–water partition coefficient (Wildman–Crippen LogP) is 0.832. The maximum absolute atomic E-state index is 12.9. The number of rotatable bonds is 2. The minimum absolute atomic E-state index is 0.236. The van der Waals surface area contributed by atoms with Crippen molar-refractivity contribution in [2.24, 2.45) is 5.73 Å². The summed E-state index contributed by atoms with van der Waals surface area (Å²) in [4.78, 5) is 0. The zero-order chi connectivity index (χ0) is 10.0. The number of hydrogen-bond acceptors (Lipinski definition) is 3. The molecule has 0 aromatic heterocycles. The summed E-state index contributed by atoms with van der Waals surface area (Å²) in [6, 6.07) is 2.02. The van der Waals surface area contributed by atoms with Crippen LogP contribution >= 0.6 is 0 Å². The second kappa shape index (κ2) is 3.72. The Morgan fingerprint density at radius 2 is 2.15 bits per heavy atom. The van der Waals surface area contributed by atoms with E-state index in [1.807, 2.05) is 0 Å². The van der Waals surface area contributed by atoms with E-state index in [9.17, 15) is 9.50 Å². The van der Waals surface area contributed by atoms with Gasteiger partial charge in [0.15, 0.2) is 11.6 Å². The summed E-state index contributed by atoms with van der Waals surface area (Å²) < 4.78 is 12.9. The van der Waals surface area contributed by atoms with Crippen LogP contribution in [0.5, 0.6) is 5.75 Å². The lowest BCUT2D eigenvalue weighted by Gasteiger charge is -2.11. The van der Waals surface area contributed by atoms with E-state index in [0.717, 1.165) is 0 Å². The summed E-state index contributed by atoms with van der Waals surface area (Å²) in [7, 11) is 0. The largest absolute Gasteiger partial charge is 0.505 e. The van der Waals surface area contributed by atoms with E-state index in [1.165, 1.54) is 6.07 Å². The molecule has 1 atom stereocenters. The van der Waals surface area contributed by atoms with Gasteiger partial charge < -0.3 is 15.9 Å². The number of aromatic hydroxyl groups is 1. The lowest BCUT2D eigenvalue weighted by atomic mass is 10.0. The molecule has 1 aromatic carbocycles. The molecule has 0 radical (unpaired) electrons. The highest BCUT2D eigenvalue weighted by Gasteiger charge is 2.13. The van der Waals surface area contributed by atoms with E-state index in [0.29, 0.717) is 5.56 Å². The lowest BCUT2D eigenvalue weighted by molar-refractivity contribution is 0.264. The number of halogens is 1. The van der Waals surface area contributed by atoms with Crippen LogP contribution in [0.25, 0.3) is 0 Å². The highest BCUT2D eigenvalue weighted by atomic mass is 19.1. The van der Waals surface area contributed by atoms with Crippen LogP contribution < -0.4 is 5.73 Å². The number of aliphatic hydroxyl groups excluding tert-OH is 1. The topological polar surface area (TPSA) is 66.5 Å². The van der Waals surface area contributed by atoms with Crippen molar-refractivity contribution in [1.29, 1.82) is 0 Å². The fourth-order valence-electron chi connectivity index (χ4n) is 1.14. The number of phenols is 1. The molecule has 0 fully saturated rings. The fraction of sp³-hybridized carbons (Fsp3) is 0.333. The average molecular weight is 185 g/mol. The number of aliphatic hydroxyl groups is 1. The summed E-state index contributed by atoms with van der Waals surface area (Å²) in [6.07, 6.45) is 0. The highest BCUT2D eigenvalue weighted by molar-refractivity contribution is 5.39. The molecule has 0 saturated carbocycles. The van der Waals surface area contributed by atoms with Gasteiger partial charge >= 0.3 is 0 Å². The molecular weight excluding hydrogens is 173 g/mol. The zero-order valence-corrected chi connectivity index (χ0v) is 7.29. The smallest absolute Gasteiger partial charge is 0.165 e. The Balaban J connectivity index is 3.20. The van der Waals surface area contributed by atoms with Gasteiger partial charge in [0.2, 0.25) is 0 Å². The molecule has 0 bridgehead atoms. The average Bonchev–Trinajstić information content (AvgIpc) is 2.10. The van der Waals surface area contributed by atoms with Crippen molar-refractivity contribution in [3.05, 3.63) is 29.1 Å². The molecule has 0 unspecified atom stereocenters. The Kier molecular flexibility index (Phi) is 2.85. The van der Waals surface area contributed by atoms with Crippen LogP contribution in [0.4, 0.5) is 4.39 Å². The van der Waals surface area contributed by atoms with E-state index in [-0.39, 0.29) is 12.2 Å². The number of aryl methyl sites for hydroxylation is 1. The van der Waals surface area contributed by atoms with Crippen molar-refractivity contribution in [2.45, 2.75) is 13.0 Å². The Labute approximate surface area is 75.6 Å². The van der Waals surface area contributed by atoms with Crippen LogP contribution in [0.3, 0.4) is 0 Å². The number of nitrogens with two attached hydrogens (primary N) is 1. The minimum atomic E-state index is -0.741. The molecule has 72 valence electrons. The molecule has 0 aliphatic carbocycles. The molecule has 0 aliphatic heterocycles. The standard InChI is InChI=1S/C9H12FNO2/c1-5-2-6(8(11)4-12)9(13)7(10)3-5/h2-3,8,12-13H,4,11H2,1H3/t8-/m1/s1. The number of phenolic OH excluding ortho intramolecular Hbond substituents is 1. The van der Waals surface area contributed by atoms with Gasteiger partial charge in [0.1, 0.15) is 0 Å². The van der Waals surface area contributed by atoms with Gasteiger partial charge in [-0.3, -0.25) is 0 Å². The van der Waals surface area contributed by atoms with Crippen LogP contribution in [0.1, 0.15) is 17.2 Å². The molecule has 0 spiro atoms. The third-order valence-corrected chi connectivity index (χ3v) is 1.83. The van der Waals surface area contributed by atoms with Crippen LogP contribution in [0.2, 0.25) is 0 Å². The van der Waals surface area contributed by atoms with E-state index in [1.54, 1.807) is 13.0 Å². The first kappa shape index (κ1) is 9.95. The summed E-state index contributed by atoms with van der Waals surface area (Å²) in [5.41, 5.74) is 6.35. The Hall–Kier alpha value is -1.13. The van der Waals surface area contributed by atoms with Crippen LogP contribution in [0, 0.1) is 12.7 Å². The van der Waals surface area contributed by atoms with E-state index in [2.05, 4.69) is 0 Å². The molecule has 4 N–H and O–H groups in total. The number of benzene rings is 1. The molecule has 0 aliphatic rings. The summed E-state index contributed by atoms with van der Waals surface area (Å²) in [6.45, 7) is 1.37. The third-order valence-electron chi connectivity index (χ3n) is 1.83. The SMILES string of the molecule is Cc1cc(F)c(O)c([C@H](N)CO)c1. The van der Waals surface area contributed by atoms with Crippen molar-refractivity contribution in [2.75, 3.05) is 6.61 Å². The number of hydrogen-bond donors (Lipinski definition) is 3. The molecule has 4 heteroatoms. The Morgan fingerprint density at radius 3 is 2.69 bits per heavy atom. The zero-order valence-electron chi connectivity index (χ0n) is 7.29. The second-order valence-corrected chi connectivity index (χ2v) is 2.97. The first-order valence-corrected chi connectivity index (χ1v) is 3.91. The Morgan fingerprint density at radius 1 is 1.54 bits per heavy atom. The van der Waals surface area contributed by atoms with Gasteiger partial charge in [0.25, 0.3) is 0 Å². The van der Waals surface area contributed by atoms with Crippen LogP contribution in [-0.4, -0.2) is 16.8 Å². The highest BCUT2D eigenvalue weighted by Crippen LogP contribution is 2.26. The minimum Gasteiger partial charge on any atom is -0.505 e. The van der Waals surface area contributed by atoms with Crippen molar-refractivity contribution in [1.82, 2.24) is 0 Å².